The smallest absolute Gasteiger partial charge is 0.180 e. The van der Waals surface area contributed by atoms with Crippen LogP contribution in [0, 0.1) is 0 Å². The van der Waals surface area contributed by atoms with Crippen LogP contribution in [0.1, 0.15) is 0 Å². The number of rotatable bonds is 2. The minimum absolute atomic E-state index is 0.213. The number of carbonyl (C=O) groups is 1. The van der Waals surface area contributed by atoms with Crippen molar-refractivity contribution in [3.8, 4) is 0 Å². The molecule has 44 valence electrons. The number of hydrogen-bond donors (Lipinski definition) is 0. The summed E-state index contributed by atoms with van der Waals surface area (Å²) < 4.78 is 0. The summed E-state index contributed by atoms with van der Waals surface area (Å²) in [5, 5.41) is 0. The maximum Gasteiger partial charge on any atom is 0.180 e. The molecule has 0 fully saturated rings. The van der Waals surface area contributed by atoms with Crippen molar-refractivity contribution in [2.24, 2.45) is 0 Å². The molecule has 0 aromatic carbocycles. The molecule has 0 radical (unpaired) electrons. The number of carbonyl (C=O) groups excluding carboxylic acids is 1. The van der Waals surface area contributed by atoms with Crippen molar-refractivity contribution in [3.05, 3.63) is 23.2 Å². The largest absolute Gasteiger partial charge is 0.290 e. The summed E-state index contributed by atoms with van der Waals surface area (Å²) >= 11 is 10.1. The van der Waals surface area contributed by atoms with Crippen molar-refractivity contribution < 1.29 is 4.79 Å². The molecule has 0 unspecified atom stereocenters. The zero-order chi connectivity index (χ0) is 6.41. The first kappa shape index (κ1) is 7.73. The Kier molecular flexibility index (Phi) is 4.71. The molecule has 0 spiro atoms. The summed E-state index contributed by atoms with van der Waals surface area (Å²) in [5.41, 5.74) is 2.28. The topological polar surface area (TPSA) is 17.1 Å². The highest BCUT2D eigenvalue weighted by Crippen LogP contribution is 1.84. The summed E-state index contributed by atoms with van der Waals surface area (Å²) in [7, 11) is 0. The van der Waals surface area contributed by atoms with Gasteiger partial charge in [0.25, 0.3) is 0 Å². The van der Waals surface area contributed by atoms with Gasteiger partial charge in [-0.25, -0.2) is 0 Å². The lowest BCUT2D eigenvalue weighted by Gasteiger charge is -1.73. The highest BCUT2D eigenvalue weighted by Gasteiger charge is 1.82. The van der Waals surface area contributed by atoms with Crippen LogP contribution in [0.5, 0.6) is 0 Å². The lowest BCUT2D eigenvalue weighted by atomic mass is 10.4. The standard InChI is InChI=1S/C5H4Cl2O/c6-3-1-5(8)2-4-7/h1-4H. The maximum absolute atomic E-state index is 10.3. The van der Waals surface area contributed by atoms with E-state index < -0.39 is 0 Å². The van der Waals surface area contributed by atoms with Crippen LogP contribution in [0.3, 0.4) is 0 Å². The fourth-order valence-corrected chi connectivity index (χ4v) is 0.428. The molecule has 0 saturated carbocycles. The predicted molar refractivity (Wildman–Crippen MR) is 35.0 cm³/mol. The van der Waals surface area contributed by atoms with Crippen molar-refractivity contribution in [2.45, 2.75) is 0 Å². The molecule has 0 bridgehead atoms. The van der Waals surface area contributed by atoms with E-state index in [0.29, 0.717) is 0 Å². The van der Waals surface area contributed by atoms with Crippen molar-refractivity contribution in [3.63, 3.8) is 0 Å². The van der Waals surface area contributed by atoms with Gasteiger partial charge in [0.1, 0.15) is 0 Å². The predicted octanol–water partition coefficient (Wildman–Crippen LogP) is 2.06. The molecule has 0 amide bonds. The molecule has 0 aliphatic carbocycles. The minimum atomic E-state index is -0.213. The van der Waals surface area contributed by atoms with Gasteiger partial charge in [-0.15, -0.1) is 0 Å². The van der Waals surface area contributed by atoms with Gasteiger partial charge in [-0.1, -0.05) is 23.2 Å². The Bertz CT molecular complexity index is 112. The molecule has 0 saturated heterocycles. The van der Waals surface area contributed by atoms with Crippen LogP contribution in [0.2, 0.25) is 0 Å². The van der Waals surface area contributed by atoms with Crippen molar-refractivity contribution in [1.82, 2.24) is 0 Å². The van der Waals surface area contributed by atoms with E-state index in [9.17, 15) is 4.79 Å². The number of allylic oxidation sites excluding steroid dienone is 2. The molecule has 0 aliphatic heterocycles. The Hall–Kier alpha value is -0.270. The van der Waals surface area contributed by atoms with Gasteiger partial charge in [-0.05, 0) is 12.2 Å². The highest BCUT2D eigenvalue weighted by atomic mass is 35.5. The molecule has 0 aromatic heterocycles. The van der Waals surface area contributed by atoms with Crippen LogP contribution in [0.4, 0.5) is 0 Å². The number of hydrogen-bond acceptors (Lipinski definition) is 1. The number of ketones is 1. The van der Waals surface area contributed by atoms with Crippen LogP contribution in [0.15, 0.2) is 23.2 Å². The van der Waals surface area contributed by atoms with Gasteiger partial charge >= 0.3 is 0 Å². The Morgan fingerprint density at radius 1 is 1.12 bits per heavy atom. The third kappa shape index (κ3) is 3.90. The molecule has 0 atom stereocenters. The van der Waals surface area contributed by atoms with Crippen LogP contribution >= 0.6 is 23.2 Å². The van der Waals surface area contributed by atoms with Gasteiger partial charge in [0.15, 0.2) is 5.78 Å². The summed E-state index contributed by atoms with van der Waals surface area (Å²) in [4.78, 5) is 10.3. The summed E-state index contributed by atoms with van der Waals surface area (Å²) in [6.45, 7) is 0. The maximum atomic E-state index is 10.3. The third-order valence-electron chi connectivity index (χ3n) is 0.455. The monoisotopic (exact) mass is 150 g/mol. The average Bonchev–Trinajstić information content (AvgIpc) is 1.68. The number of halogens is 2. The molecule has 1 nitrogen and oxygen atoms in total. The van der Waals surface area contributed by atoms with Crippen LogP contribution in [0.25, 0.3) is 0 Å². The Labute approximate surface area is 57.6 Å². The molecule has 0 rings (SSSR count). The molecule has 0 heterocycles. The van der Waals surface area contributed by atoms with E-state index in [0.717, 1.165) is 11.1 Å². The molecule has 3 heteroatoms. The first-order valence-corrected chi connectivity index (χ1v) is 2.76. The van der Waals surface area contributed by atoms with Gasteiger partial charge in [0.2, 0.25) is 0 Å². The van der Waals surface area contributed by atoms with E-state index in [1.165, 1.54) is 12.2 Å². The molecule has 0 aromatic rings. The molecular weight excluding hydrogens is 147 g/mol. The van der Waals surface area contributed by atoms with Crippen molar-refractivity contribution in [1.29, 1.82) is 0 Å². The Balaban J connectivity index is 3.66. The Morgan fingerprint density at radius 2 is 1.50 bits per heavy atom. The van der Waals surface area contributed by atoms with Gasteiger partial charge in [0, 0.05) is 11.1 Å². The molecule has 0 aliphatic rings. The molecule has 8 heavy (non-hydrogen) atoms. The van der Waals surface area contributed by atoms with Gasteiger partial charge < -0.3 is 0 Å². The zero-order valence-corrected chi connectivity index (χ0v) is 5.49. The van der Waals surface area contributed by atoms with Crippen molar-refractivity contribution >= 4 is 29.0 Å². The molecule has 0 N–H and O–H groups in total. The Morgan fingerprint density at radius 3 is 1.75 bits per heavy atom. The van der Waals surface area contributed by atoms with Crippen LogP contribution in [-0.4, -0.2) is 5.78 Å². The van der Waals surface area contributed by atoms with Gasteiger partial charge in [0.05, 0.1) is 0 Å². The lowest BCUT2D eigenvalue weighted by Crippen LogP contribution is -1.80. The summed E-state index contributed by atoms with van der Waals surface area (Å²) in [6.07, 6.45) is 2.42. The second-order valence-electron chi connectivity index (χ2n) is 0.988. The second kappa shape index (κ2) is 4.88. The second-order valence-corrected chi connectivity index (χ2v) is 1.49. The van der Waals surface area contributed by atoms with Crippen LogP contribution < -0.4 is 0 Å². The third-order valence-corrected chi connectivity index (χ3v) is 0.706. The molecular formula is C5H4Cl2O. The van der Waals surface area contributed by atoms with E-state index in [4.69, 9.17) is 23.2 Å². The van der Waals surface area contributed by atoms with Gasteiger partial charge in [-0.3, -0.25) is 4.79 Å². The normalized spacial score (nSPS) is 11.2. The van der Waals surface area contributed by atoms with E-state index in [-0.39, 0.29) is 5.78 Å². The van der Waals surface area contributed by atoms with E-state index in [1.807, 2.05) is 0 Å². The quantitative estimate of drug-likeness (QED) is 0.552. The first-order valence-electron chi connectivity index (χ1n) is 1.88. The van der Waals surface area contributed by atoms with E-state index >= 15 is 0 Å². The zero-order valence-electron chi connectivity index (χ0n) is 3.97. The van der Waals surface area contributed by atoms with Gasteiger partial charge in [-0.2, -0.15) is 0 Å². The summed E-state index contributed by atoms with van der Waals surface area (Å²) in [5.74, 6) is -0.213. The van der Waals surface area contributed by atoms with E-state index in [1.54, 1.807) is 0 Å². The lowest BCUT2D eigenvalue weighted by molar-refractivity contribution is -0.110. The fraction of sp³-hybridized carbons (Fsp3) is 0. The SMILES string of the molecule is O=C(C=CCl)C=CCl. The fourth-order valence-electron chi connectivity index (χ4n) is 0.180. The van der Waals surface area contributed by atoms with E-state index in [2.05, 4.69) is 0 Å². The first-order chi connectivity index (χ1) is 3.81. The summed E-state index contributed by atoms with van der Waals surface area (Å²) in [6, 6.07) is 0. The van der Waals surface area contributed by atoms with Crippen LogP contribution in [-0.2, 0) is 4.79 Å². The average molecular weight is 151 g/mol. The van der Waals surface area contributed by atoms with Crippen molar-refractivity contribution in [2.75, 3.05) is 0 Å². The highest BCUT2D eigenvalue weighted by molar-refractivity contribution is 6.29. The minimum Gasteiger partial charge on any atom is -0.290 e.